The molecule has 2 rings (SSSR count). The second-order valence-corrected chi connectivity index (χ2v) is 4.48. The minimum atomic E-state index is 0.349. The van der Waals surface area contributed by atoms with Crippen molar-refractivity contribution in [1.82, 2.24) is 4.98 Å². The van der Waals surface area contributed by atoms with E-state index in [1.165, 1.54) is 19.3 Å². The van der Waals surface area contributed by atoms with Crippen LogP contribution in [0.2, 0.25) is 0 Å². The van der Waals surface area contributed by atoms with Crippen LogP contribution in [0.4, 0.5) is 0 Å². The fourth-order valence-corrected chi connectivity index (χ4v) is 1.98. The minimum Gasteiger partial charge on any atom is -0.299 e. The molecule has 0 aliphatic heterocycles. The first kappa shape index (κ1) is 10.3. The highest BCUT2D eigenvalue weighted by molar-refractivity contribution is 5.81. The molecule has 0 radical (unpaired) electrons. The highest BCUT2D eigenvalue weighted by Crippen LogP contribution is 2.29. The molecule has 15 heavy (non-hydrogen) atoms. The largest absolute Gasteiger partial charge is 0.299 e. The third kappa shape index (κ3) is 2.65. The number of hydrogen-bond donors (Lipinski definition) is 0. The molecule has 0 bridgehead atoms. The van der Waals surface area contributed by atoms with Crippen LogP contribution in [-0.2, 0) is 11.2 Å². The number of hydrogen-bond acceptors (Lipinski definition) is 2. The maximum absolute atomic E-state index is 11.7. The van der Waals surface area contributed by atoms with Gasteiger partial charge in [-0.2, -0.15) is 0 Å². The SMILES string of the molecule is Cc1cccnc1CC(=O)CC1CCC1. The summed E-state index contributed by atoms with van der Waals surface area (Å²) >= 11 is 0. The van der Waals surface area contributed by atoms with Gasteiger partial charge >= 0.3 is 0 Å². The highest BCUT2D eigenvalue weighted by Gasteiger charge is 2.20. The van der Waals surface area contributed by atoms with E-state index in [0.29, 0.717) is 18.1 Å². The zero-order chi connectivity index (χ0) is 10.7. The molecule has 0 N–H and O–H groups in total. The lowest BCUT2D eigenvalue weighted by atomic mass is 9.81. The van der Waals surface area contributed by atoms with Gasteiger partial charge in [0.15, 0.2) is 0 Å². The molecule has 0 aromatic carbocycles. The summed E-state index contributed by atoms with van der Waals surface area (Å²) < 4.78 is 0. The van der Waals surface area contributed by atoms with Gasteiger partial charge in [-0.25, -0.2) is 0 Å². The number of rotatable bonds is 4. The van der Waals surface area contributed by atoms with Crippen LogP contribution in [0.25, 0.3) is 0 Å². The Hall–Kier alpha value is -1.18. The molecule has 1 heterocycles. The number of carbonyl (C=O) groups excluding carboxylic acids is 1. The quantitative estimate of drug-likeness (QED) is 0.753. The summed E-state index contributed by atoms with van der Waals surface area (Å²) in [5, 5.41) is 0. The van der Waals surface area contributed by atoms with Crippen molar-refractivity contribution in [3.63, 3.8) is 0 Å². The Morgan fingerprint density at radius 2 is 2.33 bits per heavy atom. The second-order valence-electron chi connectivity index (χ2n) is 4.48. The number of nitrogens with zero attached hydrogens (tertiary/aromatic N) is 1. The third-order valence-electron chi connectivity index (χ3n) is 3.22. The van der Waals surface area contributed by atoms with Crippen molar-refractivity contribution in [1.29, 1.82) is 0 Å². The third-order valence-corrected chi connectivity index (χ3v) is 3.22. The van der Waals surface area contributed by atoms with Crippen molar-refractivity contribution in [2.45, 2.75) is 39.0 Å². The van der Waals surface area contributed by atoms with E-state index in [0.717, 1.165) is 17.7 Å². The van der Waals surface area contributed by atoms with Gasteiger partial charge in [-0.3, -0.25) is 9.78 Å². The van der Waals surface area contributed by atoms with E-state index in [1.54, 1.807) is 6.20 Å². The van der Waals surface area contributed by atoms with Crippen LogP contribution in [0.3, 0.4) is 0 Å². The predicted molar refractivity (Wildman–Crippen MR) is 59.6 cm³/mol. The molecule has 0 amide bonds. The van der Waals surface area contributed by atoms with Gasteiger partial charge < -0.3 is 0 Å². The van der Waals surface area contributed by atoms with Gasteiger partial charge in [-0.15, -0.1) is 0 Å². The van der Waals surface area contributed by atoms with Gasteiger partial charge in [-0.1, -0.05) is 25.3 Å². The van der Waals surface area contributed by atoms with Gasteiger partial charge in [0.25, 0.3) is 0 Å². The molecule has 0 saturated heterocycles. The monoisotopic (exact) mass is 203 g/mol. The van der Waals surface area contributed by atoms with E-state index >= 15 is 0 Å². The van der Waals surface area contributed by atoms with Crippen LogP contribution in [-0.4, -0.2) is 10.8 Å². The van der Waals surface area contributed by atoms with Gasteiger partial charge in [0.1, 0.15) is 5.78 Å². The summed E-state index contributed by atoms with van der Waals surface area (Å²) in [5.74, 6) is 1.02. The normalized spacial score (nSPS) is 16.1. The molecule has 1 aromatic heterocycles. The molecule has 2 nitrogen and oxygen atoms in total. The first-order chi connectivity index (χ1) is 7.25. The van der Waals surface area contributed by atoms with E-state index in [1.807, 2.05) is 19.1 Å². The Balaban J connectivity index is 1.90. The molecular formula is C13H17NO. The summed E-state index contributed by atoms with van der Waals surface area (Å²) in [4.78, 5) is 16.0. The van der Waals surface area contributed by atoms with Crippen LogP contribution in [0.5, 0.6) is 0 Å². The second kappa shape index (κ2) is 4.56. The molecule has 0 unspecified atom stereocenters. The van der Waals surface area contributed by atoms with E-state index < -0.39 is 0 Å². The van der Waals surface area contributed by atoms with Gasteiger partial charge in [0.2, 0.25) is 0 Å². The predicted octanol–water partition coefficient (Wildman–Crippen LogP) is 2.69. The summed E-state index contributed by atoms with van der Waals surface area (Å²) in [6, 6.07) is 3.92. The fraction of sp³-hybridized carbons (Fsp3) is 0.538. The van der Waals surface area contributed by atoms with Crippen molar-refractivity contribution in [3.8, 4) is 0 Å². The number of aryl methyl sites for hydroxylation is 1. The first-order valence-electron chi connectivity index (χ1n) is 5.68. The lowest BCUT2D eigenvalue weighted by Gasteiger charge is -2.24. The zero-order valence-electron chi connectivity index (χ0n) is 9.20. The molecule has 2 heteroatoms. The Morgan fingerprint density at radius 1 is 1.53 bits per heavy atom. The van der Waals surface area contributed by atoms with E-state index in [9.17, 15) is 4.79 Å². The molecule has 0 spiro atoms. The summed E-state index contributed by atoms with van der Waals surface area (Å²) in [6.45, 7) is 2.01. The van der Waals surface area contributed by atoms with E-state index in [2.05, 4.69) is 4.98 Å². The van der Waals surface area contributed by atoms with Gasteiger partial charge in [0, 0.05) is 19.0 Å². The van der Waals surface area contributed by atoms with Crippen LogP contribution in [0, 0.1) is 12.8 Å². The standard InChI is InChI=1S/C13H17NO/c1-10-4-3-7-14-13(10)9-12(15)8-11-5-2-6-11/h3-4,7,11H,2,5-6,8-9H2,1H3. The number of ketones is 1. The van der Waals surface area contributed by atoms with Crippen molar-refractivity contribution < 1.29 is 4.79 Å². The Labute approximate surface area is 90.7 Å². The van der Waals surface area contributed by atoms with Crippen LogP contribution in [0.1, 0.15) is 36.9 Å². The maximum atomic E-state index is 11.7. The topological polar surface area (TPSA) is 30.0 Å². The van der Waals surface area contributed by atoms with Crippen molar-refractivity contribution in [2.75, 3.05) is 0 Å². The summed E-state index contributed by atoms with van der Waals surface area (Å²) in [6.07, 6.45) is 6.83. The summed E-state index contributed by atoms with van der Waals surface area (Å²) in [7, 11) is 0. The lowest BCUT2D eigenvalue weighted by Crippen LogP contribution is -2.17. The lowest BCUT2D eigenvalue weighted by molar-refractivity contribution is -0.119. The van der Waals surface area contributed by atoms with Crippen molar-refractivity contribution >= 4 is 5.78 Å². The Morgan fingerprint density at radius 3 is 2.93 bits per heavy atom. The smallest absolute Gasteiger partial charge is 0.139 e. The van der Waals surface area contributed by atoms with E-state index in [-0.39, 0.29) is 0 Å². The molecule has 0 atom stereocenters. The van der Waals surface area contributed by atoms with Crippen LogP contribution < -0.4 is 0 Å². The maximum Gasteiger partial charge on any atom is 0.139 e. The Kier molecular flexibility index (Phi) is 3.14. The molecule has 1 saturated carbocycles. The number of Topliss-reactive ketones (excluding diaryl/α,β-unsaturated/α-hetero) is 1. The van der Waals surface area contributed by atoms with Crippen LogP contribution in [0.15, 0.2) is 18.3 Å². The van der Waals surface area contributed by atoms with Crippen LogP contribution >= 0.6 is 0 Å². The van der Waals surface area contributed by atoms with E-state index in [4.69, 9.17) is 0 Å². The molecular weight excluding hydrogens is 186 g/mol. The first-order valence-corrected chi connectivity index (χ1v) is 5.68. The molecule has 80 valence electrons. The fourth-order valence-electron chi connectivity index (χ4n) is 1.98. The molecule has 1 aliphatic carbocycles. The zero-order valence-corrected chi connectivity index (χ0v) is 9.20. The highest BCUT2D eigenvalue weighted by atomic mass is 16.1. The van der Waals surface area contributed by atoms with Crippen molar-refractivity contribution in [2.24, 2.45) is 5.92 Å². The molecule has 1 fully saturated rings. The van der Waals surface area contributed by atoms with Gasteiger partial charge in [-0.05, 0) is 24.5 Å². The Bertz CT molecular complexity index is 355. The number of carbonyl (C=O) groups is 1. The minimum absolute atomic E-state index is 0.349. The molecule has 1 aliphatic rings. The van der Waals surface area contributed by atoms with Gasteiger partial charge in [0.05, 0.1) is 5.69 Å². The number of aromatic nitrogens is 1. The average molecular weight is 203 g/mol. The summed E-state index contributed by atoms with van der Waals surface area (Å²) in [5.41, 5.74) is 2.07. The molecule has 1 aromatic rings. The van der Waals surface area contributed by atoms with Crippen molar-refractivity contribution in [3.05, 3.63) is 29.6 Å². The average Bonchev–Trinajstić information content (AvgIpc) is 2.16. The number of pyridine rings is 1.